The molecular formula is C8H10O3. The molecule has 0 N–H and O–H groups in total. The van der Waals surface area contributed by atoms with Gasteiger partial charge in [-0.15, -0.1) is 0 Å². The molecule has 0 fully saturated rings. The highest BCUT2D eigenvalue weighted by atomic mass is 16.5. The van der Waals surface area contributed by atoms with Crippen LogP contribution in [0.25, 0.3) is 0 Å². The molecule has 0 aliphatic carbocycles. The molecular weight excluding hydrogens is 144 g/mol. The Morgan fingerprint density at radius 3 is 2.91 bits per heavy atom. The van der Waals surface area contributed by atoms with Crippen LogP contribution in [0.1, 0.15) is 18.2 Å². The molecule has 0 aromatic carbocycles. The highest BCUT2D eigenvalue weighted by molar-refractivity contribution is 5.65. The molecule has 0 radical (unpaired) electrons. The number of hydrogen-bond acceptors (Lipinski definition) is 3. The summed E-state index contributed by atoms with van der Waals surface area (Å²) in [5.41, 5.74) is 0.917. The van der Waals surface area contributed by atoms with Crippen LogP contribution in [0.2, 0.25) is 0 Å². The first kappa shape index (κ1) is 7.85. The van der Waals surface area contributed by atoms with Crippen molar-refractivity contribution in [1.29, 1.82) is 0 Å². The lowest BCUT2D eigenvalue weighted by atomic mass is 10.3. The summed E-state index contributed by atoms with van der Waals surface area (Å²) < 4.78 is 9.77. The summed E-state index contributed by atoms with van der Waals surface area (Å²) in [6.45, 7) is 3.52. The zero-order valence-electron chi connectivity index (χ0n) is 6.59. The van der Waals surface area contributed by atoms with E-state index in [0.717, 1.165) is 11.3 Å². The van der Waals surface area contributed by atoms with Crippen LogP contribution in [0.3, 0.4) is 0 Å². The van der Waals surface area contributed by atoms with Crippen molar-refractivity contribution < 1.29 is 13.9 Å². The zero-order chi connectivity index (χ0) is 8.27. The lowest BCUT2D eigenvalue weighted by molar-refractivity contribution is -0.142. The minimum atomic E-state index is -0.273. The number of carbonyl (C=O) groups is 1. The molecule has 0 saturated carbocycles. The maximum absolute atomic E-state index is 10.4. The monoisotopic (exact) mass is 154 g/mol. The summed E-state index contributed by atoms with van der Waals surface area (Å²) in [5, 5.41) is 0. The fourth-order valence-corrected chi connectivity index (χ4v) is 0.740. The van der Waals surface area contributed by atoms with Crippen LogP contribution in [0, 0.1) is 6.92 Å². The van der Waals surface area contributed by atoms with Gasteiger partial charge in [0.25, 0.3) is 0 Å². The second kappa shape index (κ2) is 3.23. The third-order valence-corrected chi connectivity index (χ3v) is 1.40. The Kier molecular flexibility index (Phi) is 2.31. The van der Waals surface area contributed by atoms with Crippen LogP contribution >= 0.6 is 0 Å². The van der Waals surface area contributed by atoms with Gasteiger partial charge in [-0.1, -0.05) is 0 Å². The standard InChI is InChI=1S/C8H10O3/c1-6-8(3-4-10-6)5-11-7(2)9/h3-4H,5H2,1-2H3. The van der Waals surface area contributed by atoms with E-state index < -0.39 is 0 Å². The number of aryl methyl sites for hydroxylation is 1. The van der Waals surface area contributed by atoms with Crippen LogP contribution in [-0.2, 0) is 16.1 Å². The van der Waals surface area contributed by atoms with E-state index in [1.165, 1.54) is 6.92 Å². The Hall–Kier alpha value is -1.25. The van der Waals surface area contributed by atoms with E-state index in [2.05, 4.69) is 0 Å². The van der Waals surface area contributed by atoms with Crippen LogP contribution in [0.4, 0.5) is 0 Å². The Morgan fingerprint density at radius 1 is 1.73 bits per heavy atom. The van der Waals surface area contributed by atoms with Gasteiger partial charge in [0.1, 0.15) is 12.4 Å². The van der Waals surface area contributed by atoms with Crippen molar-refractivity contribution in [3.8, 4) is 0 Å². The highest BCUT2D eigenvalue weighted by Gasteiger charge is 2.01. The van der Waals surface area contributed by atoms with Gasteiger partial charge in [0.15, 0.2) is 0 Å². The number of ether oxygens (including phenoxy) is 1. The first-order valence-corrected chi connectivity index (χ1v) is 3.36. The summed E-state index contributed by atoms with van der Waals surface area (Å²) in [5.74, 6) is 0.525. The molecule has 0 amide bonds. The van der Waals surface area contributed by atoms with Crippen molar-refractivity contribution in [1.82, 2.24) is 0 Å². The molecule has 0 atom stereocenters. The first-order chi connectivity index (χ1) is 5.20. The van der Waals surface area contributed by atoms with E-state index in [1.807, 2.05) is 6.92 Å². The lowest BCUT2D eigenvalue weighted by Gasteiger charge is -1.98. The average Bonchev–Trinajstić information content (AvgIpc) is 2.31. The third-order valence-electron chi connectivity index (χ3n) is 1.40. The second-order valence-corrected chi connectivity index (χ2v) is 2.28. The molecule has 1 aromatic heterocycles. The number of furan rings is 1. The van der Waals surface area contributed by atoms with Crippen molar-refractivity contribution in [3.63, 3.8) is 0 Å². The van der Waals surface area contributed by atoms with Gasteiger partial charge in [0, 0.05) is 12.5 Å². The second-order valence-electron chi connectivity index (χ2n) is 2.28. The molecule has 60 valence electrons. The number of hydrogen-bond donors (Lipinski definition) is 0. The fourth-order valence-electron chi connectivity index (χ4n) is 0.740. The molecule has 11 heavy (non-hydrogen) atoms. The van der Waals surface area contributed by atoms with Gasteiger partial charge in [-0.05, 0) is 13.0 Å². The lowest BCUT2D eigenvalue weighted by Crippen LogP contribution is -1.98. The van der Waals surface area contributed by atoms with Gasteiger partial charge in [-0.2, -0.15) is 0 Å². The first-order valence-electron chi connectivity index (χ1n) is 3.36. The van der Waals surface area contributed by atoms with Crippen molar-refractivity contribution >= 4 is 5.97 Å². The minimum Gasteiger partial charge on any atom is -0.469 e. The molecule has 3 nitrogen and oxygen atoms in total. The Balaban J connectivity index is 2.51. The maximum Gasteiger partial charge on any atom is 0.302 e. The summed E-state index contributed by atoms with van der Waals surface area (Å²) in [4.78, 5) is 10.4. The van der Waals surface area contributed by atoms with Gasteiger partial charge in [0.2, 0.25) is 0 Å². The topological polar surface area (TPSA) is 39.4 Å². The molecule has 3 heteroatoms. The van der Waals surface area contributed by atoms with Gasteiger partial charge in [0.05, 0.1) is 6.26 Å². The molecule has 0 bridgehead atoms. The van der Waals surface area contributed by atoms with Crippen molar-refractivity contribution in [2.24, 2.45) is 0 Å². The fraction of sp³-hybridized carbons (Fsp3) is 0.375. The molecule has 1 aromatic rings. The molecule has 1 rings (SSSR count). The number of carbonyl (C=O) groups excluding carboxylic acids is 1. The summed E-state index contributed by atoms with van der Waals surface area (Å²) in [6.07, 6.45) is 1.58. The Morgan fingerprint density at radius 2 is 2.45 bits per heavy atom. The maximum atomic E-state index is 10.4. The minimum absolute atomic E-state index is 0.273. The number of esters is 1. The average molecular weight is 154 g/mol. The third kappa shape index (κ3) is 2.11. The summed E-state index contributed by atoms with van der Waals surface area (Å²) in [6, 6.07) is 1.79. The van der Waals surface area contributed by atoms with Crippen molar-refractivity contribution in [2.75, 3.05) is 0 Å². The molecule has 0 spiro atoms. The van der Waals surface area contributed by atoms with E-state index in [-0.39, 0.29) is 5.97 Å². The van der Waals surface area contributed by atoms with Gasteiger partial charge >= 0.3 is 5.97 Å². The molecule has 1 heterocycles. The van der Waals surface area contributed by atoms with E-state index in [0.29, 0.717) is 6.61 Å². The van der Waals surface area contributed by atoms with Crippen molar-refractivity contribution in [3.05, 3.63) is 23.7 Å². The summed E-state index contributed by atoms with van der Waals surface area (Å²) >= 11 is 0. The summed E-state index contributed by atoms with van der Waals surface area (Å²) in [7, 11) is 0. The largest absolute Gasteiger partial charge is 0.469 e. The SMILES string of the molecule is CC(=O)OCc1ccoc1C. The van der Waals surface area contributed by atoms with Crippen molar-refractivity contribution in [2.45, 2.75) is 20.5 Å². The van der Waals surface area contributed by atoms with E-state index in [1.54, 1.807) is 12.3 Å². The molecule has 0 aliphatic heterocycles. The van der Waals surface area contributed by atoms with E-state index in [9.17, 15) is 4.79 Å². The quantitative estimate of drug-likeness (QED) is 0.608. The van der Waals surface area contributed by atoms with Crippen LogP contribution in [0.15, 0.2) is 16.7 Å². The highest BCUT2D eigenvalue weighted by Crippen LogP contribution is 2.09. The number of rotatable bonds is 2. The smallest absolute Gasteiger partial charge is 0.302 e. The predicted octanol–water partition coefficient (Wildman–Crippen LogP) is 1.65. The van der Waals surface area contributed by atoms with Gasteiger partial charge in [-0.3, -0.25) is 4.79 Å². The van der Waals surface area contributed by atoms with Gasteiger partial charge in [-0.25, -0.2) is 0 Å². The van der Waals surface area contributed by atoms with E-state index >= 15 is 0 Å². The Bertz CT molecular complexity index is 250. The van der Waals surface area contributed by atoms with E-state index in [4.69, 9.17) is 9.15 Å². The molecule has 0 aliphatic rings. The zero-order valence-corrected chi connectivity index (χ0v) is 6.59. The van der Waals surface area contributed by atoms with Crippen LogP contribution < -0.4 is 0 Å². The molecule has 0 saturated heterocycles. The van der Waals surface area contributed by atoms with Crippen LogP contribution in [0.5, 0.6) is 0 Å². The Labute approximate surface area is 65.0 Å². The van der Waals surface area contributed by atoms with Gasteiger partial charge < -0.3 is 9.15 Å². The normalized spacial score (nSPS) is 9.64. The molecule has 0 unspecified atom stereocenters. The predicted molar refractivity (Wildman–Crippen MR) is 38.9 cm³/mol. The van der Waals surface area contributed by atoms with Crippen LogP contribution in [-0.4, -0.2) is 5.97 Å².